The average Bonchev–Trinajstić information content (AvgIpc) is 2.59. The predicted molar refractivity (Wildman–Crippen MR) is 93.0 cm³/mol. The van der Waals surface area contributed by atoms with Crippen molar-refractivity contribution in [2.45, 2.75) is 58.6 Å². The van der Waals surface area contributed by atoms with Crippen LogP contribution in [-0.2, 0) is 6.61 Å². The summed E-state index contributed by atoms with van der Waals surface area (Å²) < 4.78 is 34.3. The fourth-order valence-corrected chi connectivity index (χ4v) is 3.55. The van der Waals surface area contributed by atoms with E-state index in [2.05, 4.69) is 0 Å². The second-order valence-corrected chi connectivity index (χ2v) is 6.77. The minimum Gasteiger partial charge on any atom is -0.488 e. The van der Waals surface area contributed by atoms with Gasteiger partial charge in [-0.05, 0) is 44.9 Å². The molecule has 0 N–H and O–H groups in total. The van der Waals surface area contributed by atoms with Crippen LogP contribution in [0.1, 0.15) is 55.0 Å². The lowest BCUT2D eigenvalue weighted by molar-refractivity contribution is 0.291. The molecule has 25 heavy (non-hydrogen) atoms. The highest BCUT2D eigenvalue weighted by molar-refractivity contribution is 5.33. The van der Waals surface area contributed by atoms with Gasteiger partial charge >= 0.3 is 0 Å². The van der Waals surface area contributed by atoms with E-state index in [4.69, 9.17) is 4.74 Å². The zero-order valence-electron chi connectivity index (χ0n) is 14.6. The zero-order valence-corrected chi connectivity index (χ0v) is 14.6. The van der Waals surface area contributed by atoms with E-state index in [1.165, 1.54) is 18.6 Å². The van der Waals surface area contributed by atoms with Crippen LogP contribution in [0, 0.1) is 25.5 Å². The molecule has 0 spiro atoms. The highest BCUT2D eigenvalue weighted by Gasteiger charge is 2.20. The van der Waals surface area contributed by atoms with Crippen LogP contribution in [0.3, 0.4) is 0 Å². The summed E-state index contributed by atoms with van der Waals surface area (Å²) in [5, 5.41) is 0. The molecular formula is C20H23F2NO2. The standard InChI is InChI=1S/C20H23F2NO2/c1-13-10-19(25-12-15-8-9-16(21)11-18(15)22)14(2)20(24)23(13)17-6-4-3-5-7-17/h8-11,17H,3-7,12H2,1-2H3. The normalized spacial score (nSPS) is 15.4. The van der Waals surface area contributed by atoms with Crippen molar-refractivity contribution in [1.82, 2.24) is 4.57 Å². The molecule has 134 valence electrons. The van der Waals surface area contributed by atoms with Gasteiger partial charge in [0, 0.05) is 23.4 Å². The Morgan fingerprint density at radius 3 is 2.52 bits per heavy atom. The molecule has 0 atom stereocenters. The highest BCUT2D eigenvalue weighted by atomic mass is 19.1. The second-order valence-electron chi connectivity index (χ2n) is 6.77. The molecule has 0 unspecified atom stereocenters. The first-order valence-electron chi connectivity index (χ1n) is 8.77. The van der Waals surface area contributed by atoms with Crippen molar-refractivity contribution in [3.8, 4) is 5.75 Å². The van der Waals surface area contributed by atoms with Crippen molar-refractivity contribution < 1.29 is 13.5 Å². The van der Waals surface area contributed by atoms with Gasteiger partial charge in [-0.3, -0.25) is 4.79 Å². The first-order chi connectivity index (χ1) is 12.0. The lowest BCUT2D eigenvalue weighted by atomic mass is 9.94. The van der Waals surface area contributed by atoms with Gasteiger partial charge in [0.25, 0.3) is 5.56 Å². The summed E-state index contributed by atoms with van der Waals surface area (Å²) in [4.78, 5) is 12.8. The number of pyridine rings is 1. The number of aromatic nitrogens is 1. The molecule has 1 aliphatic rings. The molecule has 5 heteroatoms. The molecule has 1 fully saturated rings. The van der Waals surface area contributed by atoms with Crippen LogP contribution in [0.15, 0.2) is 29.1 Å². The lowest BCUT2D eigenvalue weighted by Gasteiger charge is -2.26. The summed E-state index contributed by atoms with van der Waals surface area (Å²) in [5.74, 6) is -0.813. The van der Waals surface area contributed by atoms with E-state index in [9.17, 15) is 13.6 Å². The number of hydrogen-bond acceptors (Lipinski definition) is 2. The Kier molecular flexibility index (Phi) is 5.21. The number of benzene rings is 1. The van der Waals surface area contributed by atoms with E-state index in [-0.39, 0.29) is 23.8 Å². The lowest BCUT2D eigenvalue weighted by Crippen LogP contribution is -2.30. The summed E-state index contributed by atoms with van der Waals surface area (Å²) in [5.41, 5.74) is 1.60. The van der Waals surface area contributed by atoms with Gasteiger partial charge in [0.2, 0.25) is 0 Å². The summed E-state index contributed by atoms with van der Waals surface area (Å²) in [6.07, 6.45) is 5.59. The topological polar surface area (TPSA) is 31.2 Å². The van der Waals surface area contributed by atoms with Gasteiger partial charge in [-0.25, -0.2) is 8.78 Å². The molecule has 3 rings (SSSR count). The molecule has 0 bridgehead atoms. The van der Waals surface area contributed by atoms with Crippen molar-refractivity contribution in [1.29, 1.82) is 0 Å². The maximum absolute atomic E-state index is 13.7. The number of nitrogens with zero attached hydrogens (tertiary/aromatic N) is 1. The number of halogens is 2. The Morgan fingerprint density at radius 1 is 1.12 bits per heavy atom. The molecule has 1 saturated carbocycles. The Labute approximate surface area is 146 Å². The Bertz CT molecular complexity index is 823. The van der Waals surface area contributed by atoms with Gasteiger partial charge in [0.05, 0.1) is 5.56 Å². The van der Waals surface area contributed by atoms with Crippen molar-refractivity contribution >= 4 is 0 Å². The minimum atomic E-state index is -0.648. The number of rotatable bonds is 4. The summed E-state index contributed by atoms with van der Waals surface area (Å²) in [6.45, 7) is 3.59. The third-order valence-corrected chi connectivity index (χ3v) is 4.97. The van der Waals surface area contributed by atoms with Gasteiger partial charge in [0.1, 0.15) is 24.0 Å². The fraction of sp³-hybridized carbons (Fsp3) is 0.450. The third-order valence-electron chi connectivity index (χ3n) is 4.97. The maximum Gasteiger partial charge on any atom is 0.257 e. The smallest absolute Gasteiger partial charge is 0.257 e. The van der Waals surface area contributed by atoms with Crippen LogP contribution >= 0.6 is 0 Å². The third kappa shape index (κ3) is 3.75. The van der Waals surface area contributed by atoms with Crippen molar-refractivity contribution in [3.63, 3.8) is 0 Å². The largest absolute Gasteiger partial charge is 0.488 e. The number of ether oxygens (including phenoxy) is 1. The van der Waals surface area contributed by atoms with Crippen molar-refractivity contribution in [3.05, 3.63) is 63.1 Å². The highest BCUT2D eigenvalue weighted by Crippen LogP contribution is 2.29. The molecule has 2 aromatic rings. The second kappa shape index (κ2) is 7.38. The summed E-state index contributed by atoms with van der Waals surface area (Å²) in [7, 11) is 0. The maximum atomic E-state index is 13.7. The van der Waals surface area contributed by atoms with Gasteiger partial charge in [0.15, 0.2) is 0 Å². The molecule has 3 nitrogen and oxygen atoms in total. The first-order valence-corrected chi connectivity index (χ1v) is 8.77. The Morgan fingerprint density at radius 2 is 1.84 bits per heavy atom. The van der Waals surface area contributed by atoms with Crippen LogP contribution in [0.4, 0.5) is 8.78 Å². The first kappa shape index (κ1) is 17.6. The molecule has 1 aromatic heterocycles. The van der Waals surface area contributed by atoms with Crippen LogP contribution in [-0.4, -0.2) is 4.57 Å². The van der Waals surface area contributed by atoms with Crippen LogP contribution in [0.2, 0.25) is 0 Å². The predicted octanol–water partition coefficient (Wildman–Crippen LogP) is 4.83. The molecule has 0 amide bonds. The summed E-state index contributed by atoms with van der Waals surface area (Å²) >= 11 is 0. The van der Waals surface area contributed by atoms with Gasteiger partial charge in [-0.15, -0.1) is 0 Å². The van der Waals surface area contributed by atoms with E-state index < -0.39 is 11.6 Å². The Hall–Kier alpha value is -2.17. The average molecular weight is 347 g/mol. The van der Waals surface area contributed by atoms with Gasteiger partial charge < -0.3 is 9.30 Å². The van der Waals surface area contributed by atoms with Gasteiger partial charge in [-0.1, -0.05) is 19.3 Å². The van der Waals surface area contributed by atoms with Crippen LogP contribution in [0.5, 0.6) is 5.75 Å². The van der Waals surface area contributed by atoms with E-state index >= 15 is 0 Å². The van der Waals surface area contributed by atoms with E-state index in [1.54, 1.807) is 6.92 Å². The van der Waals surface area contributed by atoms with Crippen molar-refractivity contribution in [2.75, 3.05) is 0 Å². The molecule has 1 aromatic carbocycles. The van der Waals surface area contributed by atoms with E-state index in [1.807, 2.05) is 17.6 Å². The molecule has 1 aliphatic carbocycles. The zero-order chi connectivity index (χ0) is 18.0. The molecule has 0 aliphatic heterocycles. The molecular weight excluding hydrogens is 324 g/mol. The fourth-order valence-electron chi connectivity index (χ4n) is 3.55. The molecule has 1 heterocycles. The number of hydrogen-bond donors (Lipinski definition) is 0. The van der Waals surface area contributed by atoms with Crippen LogP contribution < -0.4 is 10.3 Å². The SMILES string of the molecule is Cc1c(OCc2ccc(F)cc2F)cc(C)n(C2CCCCC2)c1=O. The molecule has 0 radical (unpaired) electrons. The number of aryl methyl sites for hydroxylation is 1. The minimum absolute atomic E-state index is 0.0403. The van der Waals surface area contributed by atoms with Crippen LogP contribution in [0.25, 0.3) is 0 Å². The van der Waals surface area contributed by atoms with E-state index in [0.717, 1.165) is 37.4 Å². The quantitative estimate of drug-likeness (QED) is 0.793. The monoisotopic (exact) mass is 347 g/mol. The van der Waals surface area contributed by atoms with Crippen molar-refractivity contribution in [2.24, 2.45) is 0 Å². The Balaban J connectivity index is 1.84. The van der Waals surface area contributed by atoms with Gasteiger partial charge in [-0.2, -0.15) is 0 Å². The molecule has 0 saturated heterocycles. The summed E-state index contributed by atoms with van der Waals surface area (Å²) in [6, 6.07) is 5.48. The van der Waals surface area contributed by atoms with E-state index in [0.29, 0.717) is 11.3 Å².